The molecule has 0 spiro atoms. The Morgan fingerprint density at radius 3 is 2.61 bits per heavy atom. The van der Waals surface area contributed by atoms with Gasteiger partial charge in [-0.05, 0) is 37.6 Å². The van der Waals surface area contributed by atoms with Gasteiger partial charge in [0.1, 0.15) is 0 Å². The van der Waals surface area contributed by atoms with Gasteiger partial charge in [-0.3, -0.25) is 14.1 Å². The van der Waals surface area contributed by atoms with Gasteiger partial charge in [0.2, 0.25) is 5.91 Å². The lowest BCUT2D eigenvalue weighted by Gasteiger charge is -2.34. The third kappa shape index (κ3) is 4.14. The van der Waals surface area contributed by atoms with Gasteiger partial charge in [0.25, 0.3) is 0 Å². The molecule has 5 nitrogen and oxygen atoms in total. The van der Waals surface area contributed by atoms with Crippen LogP contribution in [0.1, 0.15) is 21.8 Å². The molecule has 1 saturated heterocycles. The van der Waals surface area contributed by atoms with E-state index in [1.54, 1.807) is 17.4 Å². The molecular formula is C21H23ClN4OS. The van der Waals surface area contributed by atoms with E-state index in [1.165, 1.54) is 10.4 Å². The first-order valence-corrected chi connectivity index (χ1v) is 10.6. The number of rotatable bonds is 4. The van der Waals surface area contributed by atoms with Crippen molar-refractivity contribution in [2.45, 2.75) is 20.4 Å². The molecule has 2 aromatic heterocycles. The SMILES string of the molecule is Cc1cn2c(/C=C/C(=O)N3CCN(Cc4ccc(Cl)cc4)CC3)c(C)nc2s1. The minimum absolute atomic E-state index is 0.0624. The first-order chi connectivity index (χ1) is 13.5. The molecule has 1 aromatic carbocycles. The Kier molecular flexibility index (Phi) is 5.53. The highest BCUT2D eigenvalue weighted by molar-refractivity contribution is 7.17. The zero-order chi connectivity index (χ0) is 19.7. The van der Waals surface area contributed by atoms with E-state index in [-0.39, 0.29) is 5.91 Å². The second-order valence-corrected chi connectivity index (χ2v) is 8.79. The van der Waals surface area contributed by atoms with Gasteiger partial charge in [0.15, 0.2) is 4.96 Å². The summed E-state index contributed by atoms with van der Waals surface area (Å²) in [5, 5.41) is 0.759. The molecule has 7 heteroatoms. The third-order valence-corrected chi connectivity index (χ3v) is 6.20. The fraction of sp³-hybridized carbons (Fsp3) is 0.333. The van der Waals surface area contributed by atoms with E-state index in [9.17, 15) is 4.79 Å². The average Bonchev–Trinajstić information content (AvgIpc) is 3.17. The minimum atomic E-state index is 0.0624. The summed E-state index contributed by atoms with van der Waals surface area (Å²) in [5.74, 6) is 0.0624. The van der Waals surface area contributed by atoms with Gasteiger partial charge < -0.3 is 4.90 Å². The standard InChI is InChI=1S/C21H23ClN4OS/c1-15-13-26-19(16(2)23-21(26)28-15)7-8-20(27)25-11-9-24(10-12-25)14-17-3-5-18(22)6-4-17/h3-8,13H,9-12,14H2,1-2H3/b8-7+. The first kappa shape index (κ1) is 19.2. The summed E-state index contributed by atoms with van der Waals surface area (Å²) >= 11 is 7.61. The van der Waals surface area contributed by atoms with Gasteiger partial charge in [-0.2, -0.15) is 0 Å². The number of thiazole rings is 1. The quantitative estimate of drug-likeness (QED) is 0.605. The molecule has 3 heterocycles. The molecule has 0 aliphatic carbocycles. The Morgan fingerprint density at radius 1 is 1.18 bits per heavy atom. The van der Waals surface area contributed by atoms with Crippen LogP contribution >= 0.6 is 22.9 Å². The van der Waals surface area contributed by atoms with E-state index >= 15 is 0 Å². The molecule has 1 amide bonds. The molecule has 146 valence electrons. The third-order valence-electron chi connectivity index (χ3n) is 5.05. The Bertz CT molecular complexity index is 1010. The fourth-order valence-electron chi connectivity index (χ4n) is 3.51. The molecular weight excluding hydrogens is 392 g/mol. The van der Waals surface area contributed by atoms with Crippen LogP contribution in [0.15, 0.2) is 36.5 Å². The average molecular weight is 415 g/mol. The van der Waals surface area contributed by atoms with E-state index in [1.807, 2.05) is 30.0 Å². The molecule has 4 rings (SSSR count). The lowest BCUT2D eigenvalue weighted by atomic mass is 10.2. The first-order valence-electron chi connectivity index (χ1n) is 9.38. The lowest BCUT2D eigenvalue weighted by Crippen LogP contribution is -2.47. The number of nitrogens with zero attached hydrogens (tertiary/aromatic N) is 4. The van der Waals surface area contributed by atoms with Crippen LogP contribution in [0.4, 0.5) is 0 Å². The number of hydrogen-bond acceptors (Lipinski definition) is 4. The summed E-state index contributed by atoms with van der Waals surface area (Å²) in [7, 11) is 0. The van der Waals surface area contributed by atoms with Gasteiger partial charge >= 0.3 is 0 Å². The molecule has 28 heavy (non-hydrogen) atoms. The highest BCUT2D eigenvalue weighted by Crippen LogP contribution is 2.21. The van der Waals surface area contributed by atoms with Crippen molar-refractivity contribution in [2.75, 3.05) is 26.2 Å². The monoisotopic (exact) mass is 414 g/mol. The summed E-state index contributed by atoms with van der Waals surface area (Å²) in [5.41, 5.74) is 3.17. The number of benzene rings is 1. The zero-order valence-electron chi connectivity index (χ0n) is 16.1. The number of imidazole rings is 1. The van der Waals surface area contributed by atoms with Crippen molar-refractivity contribution >= 4 is 39.9 Å². The number of aromatic nitrogens is 2. The molecule has 0 N–H and O–H groups in total. The van der Waals surface area contributed by atoms with Crippen molar-refractivity contribution in [1.82, 2.24) is 19.2 Å². The van der Waals surface area contributed by atoms with Crippen molar-refractivity contribution in [3.05, 3.63) is 63.4 Å². The number of carbonyl (C=O) groups excluding carboxylic acids is 1. The van der Waals surface area contributed by atoms with Crippen LogP contribution in [-0.4, -0.2) is 51.3 Å². The Morgan fingerprint density at radius 2 is 1.89 bits per heavy atom. The number of aryl methyl sites for hydroxylation is 2. The Hall–Kier alpha value is -2.15. The topological polar surface area (TPSA) is 40.9 Å². The van der Waals surface area contributed by atoms with Gasteiger partial charge in [-0.15, -0.1) is 11.3 Å². The highest BCUT2D eigenvalue weighted by atomic mass is 35.5. The van der Waals surface area contributed by atoms with Gasteiger partial charge in [0.05, 0.1) is 11.4 Å². The van der Waals surface area contributed by atoms with Gasteiger partial charge in [-0.25, -0.2) is 4.98 Å². The van der Waals surface area contributed by atoms with Crippen LogP contribution < -0.4 is 0 Å². The summed E-state index contributed by atoms with van der Waals surface area (Å²) in [6.45, 7) is 8.18. The molecule has 0 unspecified atom stereocenters. The van der Waals surface area contributed by atoms with Crippen molar-refractivity contribution in [2.24, 2.45) is 0 Å². The van der Waals surface area contributed by atoms with Crippen molar-refractivity contribution in [3.8, 4) is 0 Å². The summed E-state index contributed by atoms with van der Waals surface area (Å²) in [6.07, 6.45) is 5.64. The van der Waals surface area contributed by atoms with Gasteiger partial charge in [-0.1, -0.05) is 23.7 Å². The summed E-state index contributed by atoms with van der Waals surface area (Å²) in [4.78, 5) is 23.7. The van der Waals surface area contributed by atoms with Crippen molar-refractivity contribution < 1.29 is 4.79 Å². The predicted octanol–water partition coefficient (Wildman–Crippen LogP) is 4.02. The summed E-state index contributed by atoms with van der Waals surface area (Å²) in [6, 6.07) is 7.96. The zero-order valence-corrected chi connectivity index (χ0v) is 17.6. The molecule has 0 radical (unpaired) electrons. The number of fused-ring (bicyclic) bond motifs is 1. The maximum atomic E-state index is 12.6. The van der Waals surface area contributed by atoms with E-state index in [0.29, 0.717) is 0 Å². The van der Waals surface area contributed by atoms with E-state index in [0.717, 1.165) is 54.1 Å². The smallest absolute Gasteiger partial charge is 0.246 e. The fourth-order valence-corrected chi connectivity index (χ4v) is 4.52. The van der Waals surface area contributed by atoms with Crippen LogP contribution in [0.2, 0.25) is 5.02 Å². The minimum Gasteiger partial charge on any atom is -0.337 e. The molecule has 0 atom stereocenters. The maximum absolute atomic E-state index is 12.6. The number of halogens is 1. The molecule has 0 saturated carbocycles. The highest BCUT2D eigenvalue weighted by Gasteiger charge is 2.20. The second-order valence-electron chi connectivity index (χ2n) is 7.14. The lowest BCUT2D eigenvalue weighted by molar-refractivity contribution is -0.127. The molecule has 3 aromatic rings. The van der Waals surface area contributed by atoms with Crippen molar-refractivity contribution in [1.29, 1.82) is 0 Å². The van der Waals surface area contributed by atoms with Crippen LogP contribution in [0.3, 0.4) is 0 Å². The van der Waals surface area contributed by atoms with Crippen LogP contribution in [0, 0.1) is 13.8 Å². The van der Waals surface area contributed by atoms with Crippen LogP contribution in [0.25, 0.3) is 11.0 Å². The van der Waals surface area contributed by atoms with Crippen LogP contribution in [0.5, 0.6) is 0 Å². The normalized spacial score (nSPS) is 15.8. The van der Waals surface area contributed by atoms with Crippen molar-refractivity contribution in [3.63, 3.8) is 0 Å². The second kappa shape index (κ2) is 8.07. The predicted molar refractivity (Wildman–Crippen MR) is 115 cm³/mol. The molecule has 0 bridgehead atoms. The number of amides is 1. The largest absolute Gasteiger partial charge is 0.337 e. The van der Waals surface area contributed by atoms with Gasteiger partial charge in [0, 0.05) is 54.9 Å². The maximum Gasteiger partial charge on any atom is 0.246 e. The summed E-state index contributed by atoms with van der Waals surface area (Å²) < 4.78 is 2.06. The molecule has 1 aliphatic heterocycles. The molecule has 1 fully saturated rings. The van der Waals surface area contributed by atoms with E-state index in [2.05, 4.69) is 39.5 Å². The number of carbonyl (C=O) groups is 1. The number of hydrogen-bond donors (Lipinski definition) is 0. The number of piperazine rings is 1. The Labute approximate surface area is 173 Å². The van der Waals surface area contributed by atoms with E-state index in [4.69, 9.17) is 11.6 Å². The Balaban J connectivity index is 1.35. The van der Waals surface area contributed by atoms with Crippen LogP contribution in [-0.2, 0) is 11.3 Å². The molecule has 1 aliphatic rings. The van der Waals surface area contributed by atoms with E-state index < -0.39 is 0 Å².